The molecule has 0 aromatic carbocycles. The van der Waals surface area contributed by atoms with Gasteiger partial charge in [0, 0.05) is 13.1 Å². The number of piperidine rings is 1. The molecule has 0 unspecified atom stereocenters. The predicted molar refractivity (Wildman–Crippen MR) is 90.9 cm³/mol. The monoisotopic (exact) mass is 368 g/mol. The topological polar surface area (TPSA) is 85.4 Å². The van der Waals surface area contributed by atoms with Crippen molar-refractivity contribution in [3.05, 3.63) is 0 Å². The van der Waals surface area contributed by atoms with Crippen LogP contribution in [0.3, 0.4) is 0 Å². The lowest BCUT2D eigenvalue weighted by atomic mass is 9.96. The van der Waals surface area contributed by atoms with Gasteiger partial charge in [-0.2, -0.15) is 0 Å². The van der Waals surface area contributed by atoms with Crippen molar-refractivity contribution in [2.24, 2.45) is 5.92 Å². The lowest BCUT2D eigenvalue weighted by Crippen LogP contribution is -2.59. The van der Waals surface area contributed by atoms with E-state index in [1.807, 2.05) is 13.8 Å². The van der Waals surface area contributed by atoms with Crippen LogP contribution in [0.1, 0.15) is 39.5 Å². The maximum atomic E-state index is 13.0. The SMILES string of the molecule is CC[C@H](C)[C@@H](C(=O)OC)N1C[C@@H]2O[C@@H](C(=O)N3CCCCC3)[C@@H](O2)C1=O. The van der Waals surface area contributed by atoms with E-state index in [9.17, 15) is 14.4 Å². The summed E-state index contributed by atoms with van der Waals surface area (Å²) in [6.07, 6.45) is 1.16. The molecule has 2 bridgehead atoms. The van der Waals surface area contributed by atoms with Crippen molar-refractivity contribution in [1.29, 1.82) is 0 Å². The molecule has 3 saturated heterocycles. The average molecular weight is 368 g/mol. The van der Waals surface area contributed by atoms with Gasteiger partial charge in [-0.3, -0.25) is 9.59 Å². The summed E-state index contributed by atoms with van der Waals surface area (Å²) >= 11 is 0. The van der Waals surface area contributed by atoms with Gasteiger partial charge < -0.3 is 24.0 Å². The van der Waals surface area contributed by atoms with Crippen molar-refractivity contribution >= 4 is 17.8 Å². The summed E-state index contributed by atoms with van der Waals surface area (Å²) in [6.45, 7) is 5.36. The number of carbonyl (C=O) groups is 3. The molecule has 0 spiro atoms. The van der Waals surface area contributed by atoms with Gasteiger partial charge in [0.25, 0.3) is 11.8 Å². The van der Waals surface area contributed by atoms with Gasteiger partial charge in [-0.05, 0) is 25.2 Å². The summed E-state index contributed by atoms with van der Waals surface area (Å²) in [5.74, 6) is -1.08. The van der Waals surface area contributed by atoms with Crippen LogP contribution in [0.5, 0.6) is 0 Å². The van der Waals surface area contributed by atoms with Gasteiger partial charge in [-0.15, -0.1) is 0 Å². The lowest BCUT2D eigenvalue weighted by molar-refractivity contribution is -0.175. The first-order valence-electron chi connectivity index (χ1n) is 9.46. The summed E-state index contributed by atoms with van der Waals surface area (Å²) in [4.78, 5) is 41.3. The molecule has 0 aromatic rings. The molecule has 0 aliphatic carbocycles. The van der Waals surface area contributed by atoms with Crippen LogP contribution in [0.15, 0.2) is 0 Å². The molecule has 0 N–H and O–H groups in total. The van der Waals surface area contributed by atoms with Crippen molar-refractivity contribution in [3.8, 4) is 0 Å². The van der Waals surface area contributed by atoms with Crippen LogP contribution >= 0.6 is 0 Å². The van der Waals surface area contributed by atoms with Crippen LogP contribution in [0, 0.1) is 5.92 Å². The minimum atomic E-state index is -0.987. The van der Waals surface area contributed by atoms with Crippen molar-refractivity contribution < 1.29 is 28.6 Å². The van der Waals surface area contributed by atoms with Crippen LogP contribution < -0.4 is 0 Å². The summed E-state index contributed by atoms with van der Waals surface area (Å²) in [7, 11) is 1.32. The Labute approximate surface area is 153 Å². The standard InChI is InChI=1S/C18H28N2O6/c1-4-11(2)13(18(23)24-3)20-10-12-25-14(15(26-12)17(20)22)16(21)19-8-6-5-7-9-19/h11-15H,4-10H2,1-3H3/t11-,12+,13-,14+,15+/m0/s1. The fourth-order valence-corrected chi connectivity index (χ4v) is 3.93. The third kappa shape index (κ3) is 3.44. The number of nitrogens with zero attached hydrogens (tertiary/aromatic N) is 2. The summed E-state index contributed by atoms with van der Waals surface area (Å²) in [5.41, 5.74) is 0. The van der Waals surface area contributed by atoms with E-state index >= 15 is 0 Å². The molecule has 0 saturated carbocycles. The van der Waals surface area contributed by atoms with Crippen LogP contribution in [0.4, 0.5) is 0 Å². The van der Waals surface area contributed by atoms with E-state index in [-0.39, 0.29) is 24.3 Å². The van der Waals surface area contributed by atoms with Gasteiger partial charge in [-0.1, -0.05) is 20.3 Å². The molecule has 3 heterocycles. The molecule has 0 aromatic heterocycles. The smallest absolute Gasteiger partial charge is 0.328 e. The highest BCUT2D eigenvalue weighted by Crippen LogP contribution is 2.32. The van der Waals surface area contributed by atoms with Crippen molar-refractivity contribution in [1.82, 2.24) is 9.80 Å². The summed E-state index contributed by atoms with van der Waals surface area (Å²) in [6, 6.07) is -0.696. The second kappa shape index (κ2) is 7.92. The van der Waals surface area contributed by atoms with Gasteiger partial charge in [-0.25, -0.2) is 4.79 Å². The molecule has 2 amide bonds. The quantitative estimate of drug-likeness (QED) is 0.659. The molecule has 8 nitrogen and oxygen atoms in total. The van der Waals surface area contributed by atoms with Crippen LogP contribution in [0.25, 0.3) is 0 Å². The number of ether oxygens (including phenoxy) is 3. The molecule has 3 aliphatic heterocycles. The zero-order chi connectivity index (χ0) is 18.8. The number of likely N-dealkylation sites (tertiary alicyclic amines) is 1. The average Bonchev–Trinajstić information content (AvgIpc) is 3.04. The van der Waals surface area contributed by atoms with E-state index in [1.54, 1.807) is 4.90 Å². The normalized spacial score (nSPS) is 30.9. The van der Waals surface area contributed by atoms with Gasteiger partial charge in [0.05, 0.1) is 13.7 Å². The number of rotatable bonds is 5. The lowest BCUT2D eigenvalue weighted by Gasteiger charge is -2.37. The fraction of sp³-hybridized carbons (Fsp3) is 0.833. The number of hydrogen-bond donors (Lipinski definition) is 0. The Morgan fingerprint density at radius 3 is 2.54 bits per heavy atom. The minimum absolute atomic E-state index is 0.0693. The third-order valence-corrected chi connectivity index (χ3v) is 5.62. The summed E-state index contributed by atoms with van der Waals surface area (Å²) in [5, 5.41) is 0. The second-order valence-electron chi connectivity index (χ2n) is 7.27. The number of fused-ring (bicyclic) bond motifs is 2. The maximum absolute atomic E-state index is 13.0. The van der Waals surface area contributed by atoms with Gasteiger partial charge in [0.15, 0.2) is 18.5 Å². The Kier molecular flexibility index (Phi) is 5.82. The van der Waals surface area contributed by atoms with Gasteiger partial charge in [0.1, 0.15) is 6.04 Å². The molecule has 3 aliphatic rings. The van der Waals surface area contributed by atoms with E-state index in [4.69, 9.17) is 14.2 Å². The summed E-state index contributed by atoms with van der Waals surface area (Å²) < 4.78 is 16.3. The van der Waals surface area contributed by atoms with Crippen molar-refractivity contribution in [2.75, 3.05) is 26.7 Å². The third-order valence-electron chi connectivity index (χ3n) is 5.62. The van der Waals surface area contributed by atoms with Crippen molar-refractivity contribution in [2.45, 2.75) is 64.1 Å². The van der Waals surface area contributed by atoms with E-state index in [0.29, 0.717) is 13.1 Å². The molecular weight excluding hydrogens is 340 g/mol. The molecular formula is C18H28N2O6. The largest absolute Gasteiger partial charge is 0.467 e. The molecule has 0 radical (unpaired) electrons. The first-order valence-corrected chi connectivity index (χ1v) is 9.46. The zero-order valence-electron chi connectivity index (χ0n) is 15.7. The minimum Gasteiger partial charge on any atom is -0.467 e. The second-order valence-corrected chi connectivity index (χ2v) is 7.27. The number of methoxy groups -OCH3 is 1. The van der Waals surface area contributed by atoms with Gasteiger partial charge >= 0.3 is 5.97 Å². The molecule has 3 rings (SSSR count). The van der Waals surface area contributed by atoms with Crippen LogP contribution in [-0.4, -0.2) is 78.9 Å². The highest BCUT2D eigenvalue weighted by molar-refractivity contribution is 5.94. The highest BCUT2D eigenvalue weighted by Gasteiger charge is 2.54. The van der Waals surface area contributed by atoms with E-state index < -0.39 is 30.5 Å². The van der Waals surface area contributed by atoms with Crippen molar-refractivity contribution in [3.63, 3.8) is 0 Å². The van der Waals surface area contributed by atoms with Gasteiger partial charge in [0.2, 0.25) is 0 Å². The number of esters is 1. The van der Waals surface area contributed by atoms with Crippen LogP contribution in [0.2, 0.25) is 0 Å². The number of carbonyl (C=O) groups excluding carboxylic acids is 3. The Bertz CT molecular complexity index is 562. The molecule has 26 heavy (non-hydrogen) atoms. The highest BCUT2D eigenvalue weighted by atomic mass is 16.7. The van der Waals surface area contributed by atoms with E-state index in [1.165, 1.54) is 12.0 Å². The predicted octanol–water partition coefficient (Wildman–Crippen LogP) is 0.539. The van der Waals surface area contributed by atoms with E-state index in [2.05, 4.69) is 0 Å². The zero-order valence-corrected chi connectivity index (χ0v) is 15.7. The first-order chi connectivity index (χ1) is 12.5. The fourth-order valence-electron chi connectivity index (χ4n) is 3.93. The Morgan fingerprint density at radius 1 is 1.23 bits per heavy atom. The molecule has 5 atom stereocenters. The Hall–Kier alpha value is -1.67. The molecule has 146 valence electrons. The van der Waals surface area contributed by atoms with Crippen LogP contribution in [-0.2, 0) is 28.6 Å². The number of amides is 2. The Balaban J connectivity index is 1.77. The maximum Gasteiger partial charge on any atom is 0.328 e. The Morgan fingerprint density at radius 2 is 1.92 bits per heavy atom. The molecule has 8 heteroatoms. The number of hydrogen-bond acceptors (Lipinski definition) is 6. The first kappa shape index (κ1) is 19.1. The number of morpholine rings is 1. The van der Waals surface area contributed by atoms with E-state index in [0.717, 1.165) is 25.7 Å². The molecule has 3 fully saturated rings.